The van der Waals surface area contributed by atoms with Crippen molar-refractivity contribution in [3.8, 4) is 11.5 Å². The number of rotatable bonds is 4. The molecule has 3 aromatic rings. The van der Waals surface area contributed by atoms with Crippen LogP contribution in [0.1, 0.15) is 29.4 Å². The van der Waals surface area contributed by atoms with Crippen molar-refractivity contribution in [1.82, 2.24) is 15.1 Å². The molecule has 0 spiro atoms. The Kier molecular flexibility index (Phi) is 5.14. The molecule has 0 aliphatic rings. The highest BCUT2D eigenvalue weighted by Crippen LogP contribution is 2.31. The van der Waals surface area contributed by atoms with Gasteiger partial charge in [-0.25, -0.2) is 14.8 Å². The number of aromatic nitrogens is 3. The van der Waals surface area contributed by atoms with Crippen LogP contribution in [0.3, 0.4) is 0 Å². The number of amides is 1. The van der Waals surface area contributed by atoms with E-state index < -0.39 is 12.2 Å². The SMILES string of the molecule is Cc1nc(-c2onc(C)c2NC(=O)OC(C)c2nccs2)ccc1Br. The lowest BCUT2D eigenvalue weighted by Crippen LogP contribution is -2.16. The van der Waals surface area contributed by atoms with Gasteiger partial charge in [0.25, 0.3) is 0 Å². The van der Waals surface area contributed by atoms with E-state index in [4.69, 9.17) is 9.26 Å². The summed E-state index contributed by atoms with van der Waals surface area (Å²) in [5, 5.41) is 9.17. The fraction of sp³-hybridized carbons (Fsp3) is 0.250. The molecule has 9 heteroatoms. The molecule has 1 N–H and O–H groups in total. The van der Waals surface area contributed by atoms with Gasteiger partial charge in [-0.05, 0) is 48.8 Å². The second-order valence-electron chi connectivity index (χ2n) is 5.28. The maximum absolute atomic E-state index is 12.2. The predicted octanol–water partition coefficient (Wildman–Crippen LogP) is 4.88. The molecule has 0 radical (unpaired) electrons. The quantitative estimate of drug-likeness (QED) is 0.643. The Bertz CT molecular complexity index is 895. The smallest absolute Gasteiger partial charge is 0.412 e. The molecular formula is C16H15BrN4O3S. The molecule has 0 aliphatic carbocycles. The van der Waals surface area contributed by atoms with Crippen molar-refractivity contribution in [3.63, 3.8) is 0 Å². The van der Waals surface area contributed by atoms with Crippen LogP contribution in [0.4, 0.5) is 10.5 Å². The number of nitrogens with one attached hydrogen (secondary N) is 1. The van der Waals surface area contributed by atoms with Crippen molar-refractivity contribution in [2.24, 2.45) is 0 Å². The third kappa shape index (κ3) is 3.88. The van der Waals surface area contributed by atoms with Crippen LogP contribution in [-0.2, 0) is 4.74 Å². The van der Waals surface area contributed by atoms with Gasteiger partial charge in [0.2, 0.25) is 5.76 Å². The molecule has 0 bridgehead atoms. The van der Waals surface area contributed by atoms with E-state index in [-0.39, 0.29) is 0 Å². The Morgan fingerprint density at radius 1 is 1.36 bits per heavy atom. The van der Waals surface area contributed by atoms with Crippen LogP contribution in [0.25, 0.3) is 11.5 Å². The molecule has 130 valence electrons. The molecule has 3 aromatic heterocycles. The highest BCUT2D eigenvalue weighted by atomic mass is 79.9. The van der Waals surface area contributed by atoms with Gasteiger partial charge in [-0.3, -0.25) is 5.32 Å². The van der Waals surface area contributed by atoms with Crippen molar-refractivity contribution in [2.75, 3.05) is 5.32 Å². The summed E-state index contributed by atoms with van der Waals surface area (Å²) in [6.45, 7) is 5.37. The van der Waals surface area contributed by atoms with Crippen LogP contribution in [0.15, 0.2) is 32.7 Å². The van der Waals surface area contributed by atoms with E-state index in [1.54, 1.807) is 26.1 Å². The molecule has 0 saturated heterocycles. The van der Waals surface area contributed by atoms with Gasteiger partial charge < -0.3 is 9.26 Å². The zero-order chi connectivity index (χ0) is 18.0. The molecule has 3 rings (SSSR count). The van der Waals surface area contributed by atoms with Gasteiger partial charge in [0.05, 0.1) is 5.69 Å². The summed E-state index contributed by atoms with van der Waals surface area (Å²) >= 11 is 4.83. The monoisotopic (exact) mass is 422 g/mol. The number of hydrogen-bond donors (Lipinski definition) is 1. The van der Waals surface area contributed by atoms with Gasteiger partial charge in [-0.15, -0.1) is 11.3 Å². The highest BCUT2D eigenvalue weighted by Gasteiger charge is 2.21. The number of carbonyl (C=O) groups is 1. The van der Waals surface area contributed by atoms with Crippen LogP contribution < -0.4 is 5.32 Å². The van der Waals surface area contributed by atoms with E-state index in [1.165, 1.54) is 11.3 Å². The van der Waals surface area contributed by atoms with Gasteiger partial charge in [0.1, 0.15) is 22.1 Å². The molecule has 0 saturated carbocycles. The lowest BCUT2D eigenvalue weighted by molar-refractivity contribution is 0.121. The number of thiazole rings is 1. The third-order valence-corrected chi connectivity index (χ3v) is 5.20. The Hall–Kier alpha value is -2.26. The standard InChI is InChI=1S/C16H15BrN4O3S/c1-8-11(17)4-5-12(19-8)14-13(9(2)21-24-14)20-16(22)23-10(3)15-18-6-7-25-15/h4-7,10H,1-3H3,(H,20,22). The van der Waals surface area contributed by atoms with Crippen molar-refractivity contribution >= 4 is 39.0 Å². The van der Waals surface area contributed by atoms with Crippen LogP contribution in [0.2, 0.25) is 0 Å². The predicted molar refractivity (Wildman–Crippen MR) is 97.5 cm³/mol. The first kappa shape index (κ1) is 17.6. The number of hydrogen-bond acceptors (Lipinski definition) is 7. The van der Waals surface area contributed by atoms with Gasteiger partial charge in [-0.2, -0.15) is 0 Å². The Morgan fingerprint density at radius 2 is 2.16 bits per heavy atom. The lowest BCUT2D eigenvalue weighted by atomic mass is 10.2. The summed E-state index contributed by atoms with van der Waals surface area (Å²) in [5.74, 6) is 0.381. The number of carbonyl (C=O) groups excluding carboxylic acids is 1. The van der Waals surface area contributed by atoms with E-state index in [9.17, 15) is 4.79 Å². The summed E-state index contributed by atoms with van der Waals surface area (Å²) in [7, 11) is 0. The van der Waals surface area contributed by atoms with E-state index in [1.807, 2.05) is 18.4 Å². The lowest BCUT2D eigenvalue weighted by Gasteiger charge is -2.11. The molecule has 1 atom stereocenters. The van der Waals surface area contributed by atoms with E-state index in [0.717, 1.165) is 15.2 Å². The average Bonchev–Trinajstić information content (AvgIpc) is 3.21. The zero-order valence-corrected chi connectivity index (χ0v) is 16.1. The number of nitrogens with zero attached hydrogens (tertiary/aromatic N) is 3. The van der Waals surface area contributed by atoms with Crippen LogP contribution in [0, 0.1) is 13.8 Å². The van der Waals surface area contributed by atoms with Gasteiger partial charge in [0, 0.05) is 16.0 Å². The number of anilines is 1. The molecule has 25 heavy (non-hydrogen) atoms. The molecule has 3 heterocycles. The normalized spacial score (nSPS) is 12.0. The Balaban J connectivity index is 1.79. The minimum absolute atomic E-state index is 0.381. The summed E-state index contributed by atoms with van der Waals surface area (Å²) in [6, 6.07) is 3.65. The average molecular weight is 423 g/mol. The molecule has 1 amide bonds. The first-order valence-electron chi connectivity index (χ1n) is 7.42. The number of pyridine rings is 1. The summed E-state index contributed by atoms with van der Waals surface area (Å²) < 4.78 is 11.6. The zero-order valence-electron chi connectivity index (χ0n) is 13.7. The van der Waals surface area contributed by atoms with Crippen molar-refractivity contribution in [1.29, 1.82) is 0 Å². The summed E-state index contributed by atoms with van der Waals surface area (Å²) in [6.07, 6.45) is 0.613. The fourth-order valence-corrected chi connectivity index (χ4v) is 2.98. The Labute approximate surface area is 156 Å². The van der Waals surface area contributed by atoms with E-state index >= 15 is 0 Å². The van der Waals surface area contributed by atoms with E-state index in [2.05, 4.69) is 36.4 Å². The number of halogens is 1. The molecule has 1 unspecified atom stereocenters. The third-order valence-electron chi connectivity index (χ3n) is 3.43. The second-order valence-corrected chi connectivity index (χ2v) is 7.06. The van der Waals surface area contributed by atoms with Crippen molar-refractivity contribution in [2.45, 2.75) is 26.9 Å². The first-order valence-corrected chi connectivity index (χ1v) is 9.09. The van der Waals surface area contributed by atoms with E-state index in [0.29, 0.717) is 22.8 Å². The van der Waals surface area contributed by atoms with Crippen molar-refractivity contribution in [3.05, 3.63) is 44.6 Å². The maximum atomic E-state index is 12.2. The largest absolute Gasteiger partial charge is 0.439 e. The summed E-state index contributed by atoms with van der Waals surface area (Å²) in [4.78, 5) is 20.8. The topological polar surface area (TPSA) is 90.1 Å². The van der Waals surface area contributed by atoms with Crippen molar-refractivity contribution < 1.29 is 14.1 Å². The maximum Gasteiger partial charge on any atom is 0.412 e. The van der Waals surface area contributed by atoms with Crippen LogP contribution in [0.5, 0.6) is 0 Å². The highest BCUT2D eigenvalue weighted by molar-refractivity contribution is 9.10. The molecule has 0 aliphatic heterocycles. The molecule has 0 fully saturated rings. The number of ether oxygens (including phenoxy) is 1. The minimum atomic E-state index is -0.607. The van der Waals surface area contributed by atoms with Crippen LogP contribution in [-0.4, -0.2) is 21.2 Å². The van der Waals surface area contributed by atoms with Crippen LogP contribution >= 0.6 is 27.3 Å². The van der Waals surface area contributed by atoms with Gasteiger partial charge in [0.15, 0.2) is 6.10 Å². The molecule has 7 nitrogen and oxygen atoms in total. The number of aryl methyl sites for hydroxylation is 2. The molecule has 0 aromatic carbocycles. The first-order chi connectivity index (χ1) is 12.0. The summed E-state index contributed by atoms with van der Waals surface area (Å²) in [5.41, 5.74) is 2.35. The minimum Gasteiger partial charge on any atom is -0.439 e. The molecular weight excluding hydrogens is 408 g/mol. The Morgan fingerprint density at radius 3 is 2.84 bits per heavy atom. The second kappa shape index (κ2) is 7.32. The van der Waals surface area contributed by atoms with Gasteiger partial charge in [-0.1, -0.05) is 5.16 Å². The fourth-order valence-electron chi connectivity index (χ4n) is 2.14. The van der Waals surface area contributed by atoms with Gasteiger partial charge >= 0.3 is 6.09 Å².